The third-order valence-electron chi connectivity index (χ3n) is 3.50. The number of benzene rings is 1. The molecule has 2 rings (SSSR count). The number of ether oxygens (including phenoxy) is 1. The van der Waals surface area contributed by atoms with Gasteiger partial charge in [0.05, 0.1) is 6.61 Å². The first-order valence-electron chi connectivity index (χ1n) is 6.89. The van der Waals surface area contributed by atoms with E-state index in [0.29, 0.717) is 5.92 Å². The molecular formula is C15H26N2O. The molecule has 18 heavy (non-hydrogen) atoms. The minimum absolute atomic E-state index is 0.685. The Kier molecular flexibility index (Phi) is 6.76. The third kappa shape index (κ3) is 4.67. The van der Waals surface area contributed by atoms with Gasteiger partial charge in [-0.3, -0.25) is 11.7 Å². The first-order valence-corrected chi connectivity index (χ1v) is 6.89. The molecule has 1 aliphatic carbocycles. The molecule has 0 atom stereocenters. The van der Waals surface area contributed by atoms with Crippen molar-refractivity contribution in [2.75, 3.05) is 6.61 Å². The summed E-state index contributed by atoms with van der Waals surface area (Å²) in [7, 11) is 0. The fourth-order valence-electron chi connectivity index (χ4n) is 2.12. The highest BCUT2D eigenvalue weighted by molar-refractivity contribution is 5.30. The molecule has 0 bridgehead atoms. The van der Waals surface area contributed by atoms with Crippen molar-refractivity contribution in [3.63, 3.8) is 0 Å². The van der Waals surface area contributed by atoms with Gasteiger partial charge in [0.25, 0.3) is 0 Å². The van der Waals surface area contributed by atoms with Crippen LogP contribution in [0.2, 0.25) is 0 Å². The first-order chi connectivity index (χ1) is 8.83. The van der Waals surface area contributed by atoms with E-state index < -0.39 is 0 Å². The van der Waals surface area contributed by atoms with Crippen LogP contribution in [0.3, 0.4) is 0 Å². The molecule has 0 aromatic heterocycles. The highest BCUT2D eigenvalue weighted by Crippen LogP contribution is 2.30. The minimum atomic E-state index is 0.685. The summed E-state index contributed by atoms with van der Waals surface area (Å²) in [5.41, 5.74) is 1.43. The molecule has 0 aliphatic heterocycles. The predicted molar refractivity (Wildman–Crippen MR) is 76.4 cm³/mol. The fourth-order valence-corrected chi connectivity index (χ4v) is 2.12. The lowest BCUT2D eigenvalue weighted by Gasteiger charge is -2.14. The van der Waals surface area contributed by atoms with Gasteiger partial charge in [0.2, 0.25) is 0 Å². The third-order valence-corrected chi connectivity index (χ3v) is 3.50. The SMILES string of the molecule is CCC(CC)c1cccc(OCC2CC2)c1.NN. The lowest BCUT2D eigenvalue weighted by molar-refractivity contribution is 0.299. The normalized spacial score (nSPS) is 14.1. The van der Waals surface area contributed by atoms with Crippen molar-refractivity contribution >= 4 is 0 Å². The molecule has 0 radical (unpaired) electrons. The van der Waals surface area contributed by atoms with E-state index in [2.05, 4.69) is 49.8 Å². The summed E-state index contributed by atoms with van der Waals surface area (Å²) >= 11 is 0. The van der Waals surface area contributed by atoms with Crippen molar-refractivity contribution in [1.29, 1.82) is 0 Å². The highest BCUT2D eigenvalue weighted by Gasteiger charge is 2.21. The summed E-state index contributed by atoms with van der Waals surface area (Å²) in [6.07, 6.45) is 5.13. The molecule has 1 saturated carbocycles. The second-order valence-electron chi connectivity index (χ2n) is 4.84. The Morgan fingerprint density at radius 3 is 2.44 bits per heavy atom. The average Bonchev–Trinajstić information content (AvgIpc) is 3.25. The monoisotopic (exact) mass is 250 g/mol. The van der Waals surface area contributed by atoms with E-state index in [1.807, 2.05) is 0 Å². The first kappa shape index (κ1) is 15.0. The number of nitrogens with two attached hydrogens (primary N) is 2. The van der Waals surface area contributed by atoms with Crippen LogP contribution in [0, 0.1) is 5.92 Å². The van der Waals surface area contributed by atoms with Crippen LogP contribution in [-0.4, -0.2) is 6.61 Å². The summed E-state index contributed by atoms with van der Waals surface area (Å²) in [6, 6.07) is 8.64. The molecule has 102 valence electrons. The Balaban J connectivity index is 0.000000771. The van der Waals surface area contributed by atoms with Crippen molar-refractivity contribution in [3.05, 3.63) is 29.8 Å². The molecule has 1 fully saturated rings. The van der Waals surface area contributed by atoms with Crippen LogP contribution in [0.4, 0.5) is 0 Å². The van der Waals surface area contributed by atoms with Crippen molar-refractivity contribution in [2.24, 2.45) is 17.6 Å². The largest absolute Gasteiger partial charge is 0.493 e. The van der Waals surface area contributed by atoms with Crippen LogP contribution in [0.15, 0.2) is 24.3 Å². The van der Waals surface area contributed by atoms with Gasteiger partial charge < -0.3 is 4.74 Å². The summed E-state index contributed by atoms with van der Waals surface area (Å²) in [6.45, 7) is 5.42. The van der Waals surface area contributed by atoms with E-state index >= 15 is 0 Å². The van der Waals surface area contributed by atoms with Gasteiger partial charge >= 0.3 is 0 Å². The fraction of sp³-hybridized carbons (Fsp3) is 0.600. The Hall–Kier alpha value is -1.06. The predicted octanol–water partition coefficient (Wildman–Crippen LogP) is 3.20. The van der Waals surface area contributed by atoms with Gasteiger partial charge in [-0.05, 0) is 55.2 Å². The Labute approximate surface area is 110 Å². The highest BCUT2D eigenvalue weighted by atomic mass is 16.5. The Morgan fingerprint density at radius 1 is 1.22 bits per heavy atom. The second kappa shape index (κ2) is 8.11. The zero-order valence-corrected chi connectivity index (χ0v) is 11.6. The van der Waals surface area contributed by atoms with E-state index in [1.54, 1.807) is 0 Å². The molecule has 3 heteroatoms. The molecule has 0 saturated heterocycles. The van der Waals surface area contributed by atoms with Gasteiger partial charge in [0.1, 0.15) is 5.75 Å². The molecule has 0 spiro atoms. The molecule has 1 aromatic carbocycles. The molecule has 1 aromatic rings. The van der Waals surface area contributed by atoms with E-state index in [4.69, 9.17) is 4.74 Å². The molecule has 1 aliphatic rings. The van der Waals surface area contributed by atoms with Crippen molar-refractivity contribution in [1.82, 2.24) is 0 Å². The van der Waals surface area contributed by atoms with E-state index in [1.165, 1.54) is 31.2 Å². The van der Waals surface area contributed by atoms with Crippen LogP contribution in [-0.2, 0) is 0 Å². The zero-order valence-electron chi connectivity index (χ0n) is 11.6. The van der Waals surface area contributed by atoms with Crippen molar-refractivity contribution in [3.8, 4) is 5.75 Å². The molecule has 3 nitrogen and oxygen atoms in total. The van der Waals surface area contributed by atoms with Gasteiger partial charge in [0, 0.05) is 0 Å². The number of rotatable bonds is 6. The molecule has 0 unspecified atom stereocenters. The Bertz CT molecular complexity index is 333. The van der Waals surface area contributed by atoms with E-state index in [0.717, 1.165) is 18.3 Å². The maximum absolute atomic E-state index is 5.81. The second-order valence-corrected chi connectivity index (χ2v) is 4.84. The lowest BCUT2D eigenvalue weighted by atomic mass is 9.94. The maximum atomic E-state index is 5.81. The summed E-state index contributed by atoms with van der Waals surface area (Å²) in [5, 5.41) is 0. The van der Waals surface area contributed by atoms with Gasteiger partial charge in [-0.1, -0.05) is 26.0 Å². The lowest BCUT2D eigenvalue weighted by Crippen LogP contribution is -2.02. The summed E-state index contributed by atoms with van der Waals surface area (Å²) < 4.78 is 5.81. The van der Waals surface area contributed by atoms with Crippen LogP contribution in [0.5, 0.6) is 5.75 Å². The molecular weight excluding hydrogens is 224 g/mol. The molecule has 0 heterocycles. The van der Waals surface area contributed by atoms with Crippen LogP contribution in [0.25, 0.3) is 0 Å². The zero-order chi connectivity index (χ0) is 13.4. The van der Waals surface area contributed by atoms with E-state index in [-0.39, 0.29) is 0 Å². The summed E-state index contributed by atoms with van der Waals surface area (Å²) in [5.74, 6) is 10.6. The van der Waals surface area contributed by atoms with Gasteiger partial charge in [-0.2, -0.15) is 0 Å². The quantitative estimate of drug-likeness (QED) is 0.602. The summed E-state index contributed by atoms with van der Waals surface area (Å²) in [4.78, 5) is 0. The van der Waals surface area contributed by atoms with Crippen LogP contribution >= 0.6 is 0 Å². The van der Waals surface area contributed by atoms with Crippen molar-refractivity contribution in [2.45, 2.75) is 45.4 Å². The average molecular weight is 250 g/mol. The smallest absolute Gasteiger partial charge is 0.119 e. The van der Waals surface area contributed by atoms with Gasteiger partial charge in [-0.15, -0.1) is 0 Å². The van der Waals surface area contributed by atoms with Crippen molar-refractivity contribution < 1.29 is 4.74 Å². The standard InChI is InChI=1S/C15H22O.H4N2/c1-3-13(4-2)14-6-5-7-15(10-14)16-11-12-8-9-12;1-2/h5-7,10,12-13H,3-4,8-9,11H2,1-2H3;1-2H2. The topological polar surface area (TPSA) is 61.3 Å². The van der Waals surface area contributed by atoms with E-state index in [9.17, 15) is 0 Å². The Morgan fingerprint density at radius 2 is 1.89 bits per heavy atom. The number of hydrazine groups is 1. The van der Waals surface area contributed by atoms with Crippen LogP contribution < -0.4 is 16.4 Å². The minimum Gasteiger partial charge on any atom is -0.493 e. The number of hydrogen-bond acceptors (Lipinski definition) is 3. The molecule has 0 amide bonds. The van der Waals surface area contributed by atoms with Crippen LogP contribution in [0.1, 0.15) is 51.0 Å². The maximum Gasteiger partial charge on any atom is 0.119 e. The van der Waals surface area contributed by atoms with Gasteiger partial charge in [0.15, 0.2) is 0 Å². The van der Waals surface area contributed by atoms with Gasteiger partial charge in [-0.25, -0.2) is 0 Å². The molecule has 4 N–H and O–H groups in total. The number of hydrogen-bond donors (Lipinski definition) is 2.